The SMILES string of the molecule is O=c1[nH]cc(S(=O)(=O)NCC2(C3CC3)CC2)cc1Cl. The van der Waals surface area contributed by atoms with Crippen LogP contribution in [0, 0.1) is 11.3 Å². The smallest absolute Gasteiger partial charge is 0.266 e. The molecule has 0 amide bonds. The summed E-state index contributed by atoms with van der Waals surface area (Å²) in [7, 11) is -3.60. The number of aromatic amines is 1. The van der Waals surface area contributed by atoms with Gasteiger partial charge in [0.2, 0.25) is 10.0 Å². The monoisotopic (exact) mass is 302 g/mol. The predicted molar refractivity (Wildman–Crippen MR) is 71.7 cm³/mol. The molecule has 1 aromatic rings. The lowest BCUT2D eigenvalue weighted by molar-refractivity contribution is 0.432. The van der Waals surface area contributed by atoms with Crippen molar-refractivity contribution < 1.29 is 8.42 Å². The molecule has 2 fully saturated rings. The normalized spacial score (nSPS) is 21.3. The maximum atomic E-state index is 12.1. The van der Waals surface area contributed by atoms with E-state index in [9.17, 15) is 13.2 Å². The van der Waals surface area contributed by atoms with E-state index in [1.165, 1.54) is 25.1 Å². The summed E-state index contributed by atoms with van der Waals surface area (Å²) in [5, 5.41) is -0.119. The van der Waals surface area contributed by atoms with Crippen molar-refractivity contribution >= 4 is 21.6 Å². The van der Waals surface area contributed by atoms with Crippen molar-refractivity contribution in [3.8, 4) is 0 Å². The zero-order chi connectivity index (χ0) is 13.7. The van der Waals surface area contributed by atoms with E-state index >= 15 is 0 Å². The molecule has 5 nitrogen and oxygen atoms in total. The molecule has 0 aromatic carbocycles. The second-order valence-corrected chi connectivity index (χ2v) is 7.65. The number of aromatic nitrogens is 1. The molecule has 0 radical (unpaired) electrons. The minimum absolute atomic E-state index is 0.00342. The molecule has 0 atom stereocenters. The van der Waals surface area contributed by atoms with E-state index in [1.807, 2.05) is 0 Å². The highest BCUT2D eigenvalue weighted by molar-refractivity contribution is 7.89. The molecule has 0 unspecified atom stereocenters. The number of sulfonamides is 1. The summed E-state index contributed by atoms with van der Waals surface area (Å²) < 4.78 is 26.9. The molecule has 1 heterocycles. The second kappa shape index (κ2) is 4.33. The van der Waals surface area contributed by atoms with Gasteiger partial charge in [0, 0.05) is 12.7 Å². The van der Waals surface area contributed by atoms with E-state index in [0.717, 1.165) is 12.8 Å². The van der Waals surface area contributed by atoms with Crippen LogP contribution in [-0.4, -0.2) is 19.9 Å². The van der Waals surface area contributed by atoms with Gasteiger partial charge in [-0.05, 0) is 43.1 Å². The van der Waals surface area contributed by atoms with Crippen LogP contribution < -0.4 is 10.3 Å². The maximum absolute atomic E-state index is 12.1. The van der Waals surface area contributed by atoms with Crippen LogP contribution in [0.3, 0.4) is 0 Å². The largest absolute Gasteiger partial charge is 0.326 e. The van der Waals surface area contributed by atoms with Crippen LogP contribution in [0.2, 0.25) is 5.02 Å². The Morgan fingerprint density at radius 2 is 2.11 bits per heavy atom. The quantitative estimate of drug-likeness (QED) is 0.865. The molecule has 0 bridgehead atoms. The van der Waals surface area contributed by atoms with Gasteiger partial charge in [-0.3, -0.25) is 4.79 Å². The average Bonchev–Trinajstić information content (AvgIpc) is 3.23. The first-order chi connectivity index (χ1) is 8.93. The van der Waals surface area contributed by atoms with Gasteiger partial charge in [0.15, 0.2) is 0 Å². The van der Waals surface area contributed by atoms with Gasteiger partial charge in [-0.1, -0.05) is 11.6 Å². The lowest BCUT2D eigenvalue weighted by Gasteiger charge is -2.15. The van der Waals surface area contributed by atoms with Crippen LogP contribution in [0.1, 0.15) is 25.7 Å². The molecular weight excluding hydrogens is 288 g/mol. The summed E-state index contributed by atoms with van der Waals surface area (Å²) in [6.07, 6.45) is 5.81. The molecule has 19 heavy (non-hydrogen) atoms. The molecule has 0 saturated heterocycles. The van der Waals surface area contributed by atoms with Gasteiger partial charge in [-0.2, -0.15) is 0 Å². The van der Waals surface area contributed by atoms with Crippen LogP contribution in [0.5, 0.6) is 0 Å². The first kappa shape index (κ1) is 13.1. The third-order valence-corrected chi connectivity index (χ3v) is 5.75. The van der Waals surface area contributed by atoms with Gasteiger partial charge in [-0.25, -0.2) is 13.1 Å². The molecule has 7 heteroatoms. The van der Waals surface area contributed by atoms with Gasteiger partial charge in [0.1, 0.15) is 5.02 Å². The fraction of sp³-hybridized carbons (Fsp3) is 0.583. The Labute approximate surface area is 116 Å². The third kappa shape index (κ3) is 2.57. The maximum Gasteiger partial charge on any atom is 0.266 e. The first-order valence-electron chi connectivity index (χ1n) is 6.31. The number of hydrogen-bond donors (Lipinski definition) is 2. The van der Waals surface area contributed by atoms with E-state index < -0.39 is 15.6 Å². The van der Waals surface area contributed by atoms with E-state index in [4.69, 9.17) is 11.6 Å². The fourth-order valence-corrected chi connectivity index (χ4v) is 3.87. The Balaban J connectivity index is 1.75. The molecular formula is C12H15ClN2O3S. The van der Waals surface area contributed by atoms with Gasteiger partial charge in [0.05, 0.1) is 4.90 Å². The highest BCUT2D eigenvalue weighted by atomic mass is 35.5. The summed E-state index contributed by atoms with van der Waals surface area (Å²) in [5.74, 6) is 0.689. The van der Waals surface area contributed by atoms with Crippen LogP contribution >= 0.6 is 11.6 Å². The van der Waals surface area contributed by atoms with E-state index in [1.54, 1.807) is 0 Å². The van der Waals surface area contributed by atoms with E-state index in [0.29, 0.717) is 12.5 Å². The summed E-state index contributed by atoms with van der Waals surface area (Å²) >= 11 is 5.65. The molecule has 104 valence electrons. The highest BCUT2D eigenvalue weighted by Gasteiger charge is 2.53. The minimum Gasteiger partial charge on any atom is -0.326 e. The minimum atomic E-state index is -3.60. The van der Waals surface area contributed by atoms with Crippen molar-refractivity contribution in [1.82, 2.24) is 9.71 Å². The molecule has 3 rings (SSSR count). The van der Waals surface area contributed by atoms with E-state index in [2.05, 4.69) is 9.71 Å². The van der Waals surface area contributed by atoms with Crippen LogP contribution in [0.25, 0.3) is 0 Å². The molecule has 2 N–H and O–H groups in total. The molecule has 2 saturated carbocycles. The van der Waals surface area contributed by atoms with Gasteiger partial charge in [0.25, 0.3) is 5.56 Å². The number of rotatable bonds is 5. The van der Waals surface area contributed by atoms with Gasteiger partial charge in [-0.15, -0.1) is 0 Å². The predicted octanol–water partition coefficient (Wildman–Crippen LogP) is 1.50. The van der Waals surface area contributed by atoms with Crippen molar-refractivity contribution in [2.75, 3.05) is 6.54 Å². The number of nitrogens with one attached hydrogen (secondary N) is 2. The highest BCUT2D eigenvalue weighted by Crippen LogP contribution is 2.60. The Morgan fingerprint density at radius 1 is 1.42 bits per heavy atom. The van der Waals surface area contributed by atoms with Gasteiger partial charge < -0.3 is 4.98 Å². The molecule has 2 aliphatic rings. The lowest BCUT2D eigenvalue weighted by Crippen LogP contribution is -2.31. The Kier molecular flexibility index (Phi) is 2.99. The number of halogens is 1. The lowest BCUT2D eigenvalue weighted by atomic mass is 10.0. The average molecular weight is 303 g/mol. The summed E-state index contributed by atoms with van der Waals surface area (Å²) in [5.41, 5.74) is -0.295. The molecule has 0 aliphatic heterocycles. The number of H-pyrrole nitrogens is 1. The van der Waals surface area contributed by atoms with Crippen LogP contribution in [-0.2, 0) is 10.0 Å². The fourth-order valence-electron chi connectivity index (χ4n) is 2.50. The molecule has 1 aromatic heterocycles. The topological polar surface area (TPSA) is 79.0 Å². The van der Waals surface area contributed by atoms with Crippen LogP contribution in [0.15, 0.2) is 22.0 Å². The Morgan fingerprint density at radius 3 is 2.63 bits per heavy atom. The van der Waals surface area contributed by atoms with Crippen molar-refractivity contribution in [3.05, 3.63) is 27.6 Å². The van der Waals surface area contributed by atoms with Crippen molar-refractivity contribution in [1.29, 1.82) is 0 Å². The second-order valence-electron chi connectivity index (χ2n) is 5.47. The zero-order valence-electron chi connectivity index (χ0n) is 10.3. The first-order valence-corrected chi connectivity index (χ1v) is 8.17. The standard InChI is InChI=1S/C12H15ClN2O3S/c13-10-5-9(6-14-11(10)16)19(17,18)15-7-12(3-4-12)8-1-2-8/h5-6,8,15H,1-4,7H2,(H,14,16). The molecule has 0 spiro atoms. The third-order valence-electron chi connectivity index (χ3n) is 4.09. The van der Waals surface area contributed by atoms with Crippen molar-refractivity contribution in [2.24, 2.45) is 11.3 Å². The van der Waals surface area contributed by atoms with Crippen molar-refractivity contribution in [2.45, 2.75) is 30.6 Å². The van der Waals surface area contributed by atoms with Crippen LogP contribution in [0.4, 0.5) is 0 Å². The Hall–Kier alpha value is -0.850. The van der Waals surface area contributed by atoms with Gasteiger partial charge >= 0.3 is 0 Å². The summed E-state index contributed by atoms with van der Waals surface area (Å²) in [6.45, 7) is 0.483. The Bertz CT molecular complexity index is 660. The number of hydrogen-bond acceptors (Lipinski definition) is 3. The summed E-state index contributed by atoms with van der Waals surface area (Å²) in [6, 6.07) is 1.18. The van der Waals surface area contributed by atoms with Crippen molar-refractivity contribution in [3.63, 3.8) is 0 Å². The molecule has 2 aliphatic carbocycles. The number of pyridine rings is 1. The van der Waals surface area contributed by atoms with E-state index in [-0.39, 0.29) is 15.3 Å². The summed E-state index contributed by atoms with van der Waals surface area (Å²) in [4.78, 5) is 13.4. The zero-order valence-corrected chi connectivity index (χ0v) is 11.9.